The molecule has 0 atom stereocenters. The van der Waals surface area contributed by atoms with Gasteiger partial charge < -0.3 is 5.73 Å². The van der Waals surface area contributed by atoms with Gasteiger partial charge in [-0.1, -0.05) is 18.2 Å². The number of aryl methyl sites for hydroxylation is 1. The Morgan fingerprint density at radius 1 is 1.21 bits per heavy atom. The zero-order chi connectivity index (χ0) is 13.4. The maximum atomic E-state index is 11.6. The van der Waals surface area contributed by atoms with E-state index in [0.29, 0.717) is 5.56 Å². The van der Waals surface area contributed by atoms with Gasteiger partial charge in [-0.05, 0) is 31.2 Å². The second-order valence-corrected chi connectivity index (χ2v) is 5.63. The highest BCUT2D eigenvalue weighted by Gasteiger charge is 2.11. The van der Waals surface area contributed by atoms with Crippen LogP contribution in [-0.2, 0) is 0 Å². The first-order chi connectivity index (χ1) is 9.15. The fourth-order valence-electron chi connectivity index (χ4n) is 2.08. The lowest BCUT2D eigenvalue weighted by Crippen LogP contribution is -2.12. The van der Waals surface area contributed by atoms with Crippen LogP contribution in [0, 0.1) is 6.92 Å². The van der Waals surface area contributed by atoms with Gasteiger partial charge in [-0.15, -0.1) is 11.3 Å². The molecule has 0 saturated heterocycles. The number of hydrogen-bond donors (Lipinski definition) is 1. The minimum atomic E-state index is -0.423. The SMILES string of the molecule is Cc1ccc(-c2cc(C(N)=O)c3ccccc3n2)s1. The maximum Gasteiger partial charge on any atom is 0.249 e. The third-order valence-corrected chi connectivity index (χ3v) is 4.00. The molecule has 0 aliphatic carbocycles. The van der Waals surface area contributed by atoms with Crippen molar-refractivity contribution < 1.29 is 4.79 Å². The van der Waals surface area contributed by atoms with Crippen molar-refractivity contribution in [1.29, 1.82) is 0 Å². The Kier molecular flexibility index (Phi) is 2.80. The highest BCUT2D eigenvalue weighted by Crippen LogP contribution is 2.29. The van der Waals surface area contributed by atoms with Crippen molar-refractivity contribution in [3.05, 3.63) is 52.9 Å². The molecule has 19 heavy (non-hydrogen) atoms. The summed E-state index contributed by atoms with van der Waals surface area (Å²) in [6.07, 6.45) is 0. The number of carbonyl (C=O) groups excluding carboxylic acids is 1. The van der Waals surface area contributed by atoms with Crippen LogP contribution < -0.4 is 5.73 Å². The van der Waals surface area contributed by atoms with Crippen molar-refractivity contribution in [3.8, 4) is 10.6 Å². The van der Waals surface area contributed by atoms with E-state index in [0.717, 1.165) is 21.5 Å². The van der Waals surface area contributed by atoms with Gasteiger partial charge in [0.25, 0.3) is 0 Å². The molecule has 2 aromatic heterocycles. The summed E-state index contributed by atoms with van der Waals surface area (Å²) >= 11 is 1.66. The van der Waals surface area contributed by atoms with Crippen LogP contribution in [0.25, 0.3) is 21.5 Å². The van der Waals surface area contributed by atoms with Crippen molar-refractivity contribution in [2.75, 3.05) is 0 Å². The quantitative estimate of drug-likeness (QED) is 0.774. The predicted octanol–water partition coefficient (Wildman–Crippen LogP) is 3.37. The lowest BCUT2D eigenvalue weighted by atomic mass is 10.1. The number of nitrogens with zero attached hydrogens (tertiary/aromatic N) is 1. The van der Waals surface area contributed by atoms with Gasteiger partial charge in [-0.25, -0.2) is 4.98 Å². The van der Waals surface area contributed by atoms with Gasteiger partial charge in [-0.3, -0.25) is 4.79 Å². The van der Waals surface area contributed by atoms with Gasteiger partial charge in [-0.2, -0.15) is 0 Å². The number of benzene rings is 1. The van der Waals surface area contributed by atoms with Crippen LogP contribution in [0.4, 0.5) is 0 Å². The molecule has 0 unspecified atom stereocenters. The molecule has 2 heterocycles. The molecule has 0 aliphatic heterocycles. The highest BCUT2D eigenvalue weighted by molar-refractivity contribution is 7.15. The molecule has 2 N–H and O–H groups in total. The summed E-state index contributed by atoms with van der Waals surface area (Å²) in [5.41, 5.74) is 7.58. The minimum absolute atomic E-state index is 0.423. The number of carbonyl (C=O) groups is 1. The van der Waals surface area contributed by atoms with Crippen molar-refractivity contribution in [2.24, 2.45) is 5.73 Å². The van der Waals surface area contributed by atoms with Crippen LogP contribution in [0.15, 0.2) is 42.5 Å². The number of fused-ring (bicyclic) bond motifs is 1. The van der Waals surface area contributed by atoms with Gasteiger partial charge in [0.1, 0.15) is 0 Å². The van der Waals surface area contributed by atoms with Gasteiger partial charge in [0.05, 0.1) is 21.7 Å². The van der Waals surface area contributed by atoms with E-state index in [1.807, 2.05) is 43.3 Å². The van der Waals surface area contributed by atoms with E-state index in [2.05, 4.69) is 4.98 Å². The van der Waals surface area contributed by atoms with Crippen LogP contribution in [0.1, 0.15) is 15.2 Å². The molecule has 0 fully saturated rings. The Balaban J connectivity index is 2.30. The topological polar surface area (TPSA) is 56.0 Å². The maximum absolute atomic E-state index is 11.6. The first-order valence-corrected chi connectivity index (χ1v) is 6.73. The Morgan fingerprint density at radius 2 is 2.00 bits per heavy atom. The van der Waals surface area contributed by atoms with Crippen molar-refractivity contribution in [3.63, 3.8) is 0 Å². The summed E-state index contributed by atoms with van der Waals surface area (Å²) in [7, 11) is 0. The number of rotatable bonds is 2. The number of amides is 1. The molecule has 3 nitrogen and oxygen atoms in total. The third kappa shape index (κ3) is 2.11. The molecule has 0 bridgehead atoms. The third-order valence-electron chi connectivity index (χ3n) is 2.97. The van der Waals surface area contributed by atoms with Crippen LogP contribution >= 0.6 is 11.3 Å². The Morgan fingerprint density at radius 3 is 2.68 bits per heavy atom. The Labute approximate surface area is 114 Å². The molecule has 3 rings (SSSR count). The molecule has 3 aromatic rings. The standard InChI is InChI=1S/C15H12N2OS/c1-9-6-7-14(19-9)13-8-11(15(16)18)10-4-2-3-5-12(10)17-13/h2-8H,1H3,(H2,16,18). The number of nitrogens with two attached hydrogens (primary N) is 1. The van der Waals surface area contributed by atoms with Gasteiger partial charge >= 0.3 is 0 Å². The average Bonchev–Trinajstić information content (AvgIpc) is 2.84. The summed E-state index contributed by atoms with van der Waals surface area (Å²) in [4.78, 5) is 18.5. The first-order valence-electron chi connectivity index (χ1n) is 5.91. The number of primary amides is 1. The summed E-state index contributed by atoms with van der Waals surface area (Å²) in [5, 5.41) is 0.798. The number of aromatic nitrogens is 1. The van der Waals surface area contributed by atoms with E-state index in [9.17, 15) is 4.79 Å². The fraction of sp³-hybridized carbons (Fsp3) is 0.0667. The van der Waals surface area contributed by atoms with Crippen LogP contribution in [0.5, 0.6) is 0 Å². The monoisotopic (exact) mass is 268 g/mol. The summed E-state index contributed by atoms with van der Waals surface area (Å²) < 4.78 is 0. The van der Waals surface area contributed by atoms with E-state index >= 15 is 0 Å². The zero-order valence-electron chi connectivity index (χ0n) is 10.4. The van der Waals surface area contributed by atoms with Crippen molar-refractivity contribution >= 4 is 28.1 Å². The number of thiophene rings is 1. The van der Waals surface area contributed by atoms with E-state index in [1.54, 1.807) is 17.4 Å². The summed E-state index contributed by atoms with van der Waals surface area (Å²) in [6, 6.07) is 13.4. The smallest absolute Gasteiger partial charge is 0.249 e. The molecule has 0 radical (unpaired) electrons. The normalized spacial score (nSPS) is 10.8. The molecule has 94 valence electrons. The van der Waals surface area contributed by atoms with Gasteiger partial charge in [0.15, 0.2) is 0 Å². The van der Waals surface area contributed by atoms with E-state index in [-0.39, 0.29) is 0 Å². The molecule has 4 heteroatoms. The first kappa shape index (κ1) is 11.9. The van der Waals surface area contributed by atoms with Crippen molar-refractivity contribution in [1.82, 2.24) is 4.98 Å². The highest BCUT2D eigenvalue weighted by atomic mass is 32.1. The summed E-state index contributed by atoms with van der Waals surface area (Å²) in [5.74, 6) is -0.423. The molecular weight excluding hydrogens is 256 g/mol. The van der Waals surface area contributed by atoms with Crippen LogP contribution in [-0.4, -0.2) is 10.9 Å². The van der Waals surface area contributed by atoms with E-state index < -0.39 is 5.91 Å². The molecule has 0 spiro atoms. The molecular formula is C15H12N2OS. The lowest BCUT2D eigenvalue weighted by Gasteiger charge is -2.05. The number of hydrogen-bond acceptors (Lipinski definition) is 3. The average molecular weight is 268 g/mol. The lowest BCUT2D eigenvalue weighted by molar-refractivity contribution is 0.100. The second-order valence-electron chi connectivity index (χ2n) is 4.35. The molecule has 1 amide bonds. The van der Waals surface area contributed by atoms with E-state index in [4.69, 9.17) is 5.73 Å². The largest absolute Gasteiger partial charge is 0.366 e. The van der Waals surface area contributed by atoms with Crippen molar-refractivity contribution in [2.45, 2.75) is 6.92 Å². The number of para-hydroxylation sites is 1. The minimum Gasteiger partial charge on any atom is -0.366 e. The molecule has 0 saturated carbocycles. The summed E-state index contributed by atoms with van der Waals surface area (Å²) in [6.45, 7) is 2.05. The molecule has 1 aromatic carbocycles. The Bertz CT molecular complexity index is 777. The Hall–Kier alpha value is -2.20. The van der Waals surface area contributed by atoms with Gasteiger partial charge in [0, 0.05) is 10.3 Å². The van der Waals surface area contributed by atoms with Gasteiger partial charge in [0.2, 0.25) is 5.91 Å². The second kappa shape index (κ2) is 4.48. The van der Waals surface area contributed by atoms with E-state index in [1.165, 1.54) is 4.88 Å². The van der Waals surface area contributed by atoms with Crippen LogP contribution in [0.2, 0.25) is 0 Å². The zero-order valence-corrected chi connectivity index (χ0v) is 11.2. The van der Waals surface area contributed by atoms with Crippen LogP contribution in [0.3, 0.4) is 0 Å². The number of pyridine rings is 1. The predicted molar refractivity (Wildman–Crippen MR) is 78.3 cm³/mol. The molecule has 0 aliphatic rings. The fourth-order valence-corrected chi connectivity index (χ4v) is 2.91.